The Morgan fingerprint density at radius 2 is 1.96 bits per heavy atom. The maximum absolute atomic E-state index is 11.9. The number of amides is 1. The van der Waals surface area contributed by atoms with E-state index in [9.17, 15) is 4.79 Å². The molecule has 0 bridgehead atoms. The van der Waals surface area contributed by atoms with Gasteiger partial charge in [0.2, 0.25) is 11.8 Å². The van der Waals surface area contributed by atoms with Gasteiger partial charge in [-0.2, -0.15) is 4.98 Å². The van der Waals surface area contributed by atoms with Crippen LogP contribution >= 0.6 is 0 Å². The Balaban J connectivity index is 1.77. The zero-order valence-electron chi connectivity index (χ0n) is 14.0. The van der Waals surface area contributed by atoms with Crippen LogP contribution in [0.4, 0.5) is 0 Å². The first kappa shape index (κ1) is 17.0. The fraction of sp³-hybridized carbons (Fsp3) is 0.471. The average molecular weight is 317 g/mol. The van der Waals surface area contributed by atoms with Crippen LogP contribution in [-0.2, 0) is 23.2 Å². The molecule has 6 heteroatoms. The molecule has 1 aromatic carbocycles. The Kier molecular flexibility index (Phi) is 5.36. The highest BCUT2D eigenvalue weighted by Crippen LogP contribution is 2.18. The molecule has 0 atom stereocenters. The molecule has 1 amide bonds. The van der Waals surface area contributed by atoms with E-state index < -0.39 is 0 Å². The summed E-state index contributed by atoms with van der Waals surface area (Å²) in [6.45, 7) is 6.54. The Bertz CT molecular complexity index is 642. The first-order chi connectivity index (χ1) is 10.9. The molecule has 0 saturated carbocycles. The van der Waals surface area contributed by atoms with Gasteiger partial charge in [-0.15, -0.1) is 0 Å². The molecule has 0 aliphatic heterocycles. The predicted octanol–water partition coefficient (Wildman–Crippen LogP) is 2.62. The van der Waals surface area contributed by atoms with E-state index in [1.54, 1.807) is 7.11 Å². The molecule has 1 heterocycles. The summed E-state index contributed by atoms with van der Waals surface area (Å²) in [6, 6.07) is 7.58. The van der Waals surface area contributed by atoms with Crippen LogP contribution in [-0.4, -0.2) is 23.2 Å². The van der Waals surface area contributed by atoms with Gasteiger partial charge in [-0.25, -0.2) is 0 Å². The summed E-state index contributed by atoms with van der Waals surface area (Å²) >= 11 is 0. The maximum atomic E-state index is 11.9. The van der Waals surface area contributed by atoms with Gasteiger partial charge in [0.1, 0.15) is 5.75 Å². The van der Waals surface area contributed by atoms with Crippen molar-refractivity contribution in [1.29, 1.82) is 0 Å². The van der Waals surface area contributed by atoms with Crippen LogP contribution in [0.3, 0.4) is 0 Å². The summed E-state index contributed by atoms with van der Waals surface area (Å²) < 4.78 is 10.3. The van der Waals surface area contributed by atoms with Crippen LogP contribution in [0.15, 0.2) is 28.8 Å². The number of carbonyl (C=O) groups excluding carboxylic acids is 1. The third-order valence-electron chi connectivity index (χ3n) is 3.35. The standard InChI is InChI=1S/C17H23N3O3/c1-17(2,3)16-19-15(23-20-16)10-9-14(21)18-11-12-5-7-13(22-4)8-6-12/h5-8H,9-11H2,1-4H3,(H,18,21). The van der Waals surface area contributed by atoms with E-state index >= 15 is 0 Å². The van der Waals surface area contributed by atoms with E-state index in [-0.39, 0.29) is 11.3 Å². The molecule has 2 rings (SSSR count). The molecule has 124 valence electrons. The fourth-order valence-electron chi connectivity index (χ4n) is 1.91. The number of aryl methyl sites for hydroxylation is 1. The van der Waals surface area contributed by atoms with Gasteiger partial charge in [0.05, 0.1) is 7.11 Å². The van der Waals surface area contributed by atoms with Gasteiger partial charge < -0.3 is 14.6 Å². The summed E-state index contributed by atoms with van der Waals surface area (Å²) in [5.41, 5.74) is 0.866. The topological polar surface area (TPSA) is 77.2 Å². The van der Waals surface area contributed by atoms with Gasteiger partial charge in [-0.3, -0.25) is 4.79 Å². The van der Waals surface area contributed by atoms with Crippen molar-refractivity contribution in [2.75, 3.05) is 7.11 Å². The number of rotatable bonds is 6. The van der Waals surface area contributed by atoms with Crippen molar-refractivity contribution in [2.24, 2.45) is 0 Å². The van der Waals surface area contributed by atoms with Crippen molar-refractivity contribution in [3.05, 3.63) is 41.5 Å². The third-order valence-corrected chi connectivity index (χ3v) is 3.35. The van der Waals surface area contributed by atoms with Crippen molar-refractivity contribution in [1.82, 2.24) is 15.5 Å². The average Bonchev–Trinajstić information content (AvgIpc) is 3.00. The SMILES string of the molecule is COc1ccc(CNC(=O)CCc2nc(C(C)(C)C)no2)cc1. The molecule has 1 N–H and O–H groups in total. The van der Waals surface area contributed by atoms with Crippen molar-refractivity contribution in [3.8, 4) is 5.75 Å². The van der Waals surface area contributed by atoms with Gasteiger partial charge in [-0.05, 0) is 17.7 Å². The normalized spacial score (nSPS) is 11.3. The second kappa shape index (κ2) is 7.26. The summed E-state index contributed by atoms with van der Waals surface area (Å²) in [5, 5.41) is 6.82. The molecule has 2 aromatic rings. The van der Waals surface area contributed by atoms with Crippen LogP contribution in [0.1, 0.15) is 44.5 Å². The molecular weight excluding hydrogens is 294 g/mol. The number of aromatic nitrogens is 2. The summed E-state index contributed by atoms with van der Waals surface area (Å²) in [7, 11) is 1.62. The Hall–Kier alpha value is -2.37. The van der Waals surface area contributed by atoms with Crippen LogP contribution in [0.2, 0.25) is 0 Å². The molecule has 0 saturated heterocycles. The van der Waals surface area contributed by atoms with Crippen LogP contribution in [0.25, 0.3) is 0 Å². The first-order valence-corrected chi connectivity index (χ1v) is 7.61. The molecular formula is C17H23N3O3. The summed E-state index contributed by atoms with van der Waals surface area (Å²) in [6.07, 6.45) is 0.763. The third kappa shape index (κ3) is 5.09. The molecule has 6 nitrogen and oxygen atoms in total. The second-order valence-corrected chi connectivity index (χ2v) is 6.39. The van der Waals surface area contributed by atoms with E-state index in [1.165, 1.54) is 0 Å². The molecule has 1 aromatic heterocycles. The molecule has 23 heavy (non-hydrogen) atoms. The lowest BCUT2D eigenvalue weighted by Crippen LogP contribution is -2.23. The van der Waals surface area contributed by atoms with Gasteiger partial charge in [0.15, 0.2) is 5.82 Å². The van der Waals surface area contributed by atoms with Crippen molar-refractivity contribution in [3.63, 3.8) is 0 Å². The minimum absolute atomic E-state index is 0.0451. The maximum Gasteiger partial charge on any atom is 0.227 e. The number of nitrogens with zero attached hydrogens (tertiary/aromatic N) is 2. The van der Waals surface area contributed by atoms with E-state index in [0.29, 0.717) is 31.1 Å². The van der Waals surface area contributed by atoms with Crippen molar-refractivity contribution in [2.45, 2.75) is 45.6 Å². The highest BCUT2D eigenvalue weighted by atomic mass is 16.5. The molecule has 0 aliphatic carbocycles. The van der Waals surface area contributed by atoms with Gasteiger partial charge in [0.25, 0.3) is 0 Å². The number of carbonyl (C=O) groups is 1. The monoisotopic (exact) mass is 317 g/mol. The largest absolute Gasteiger partial charge is 0.497 e. The molecule has 0 spiro atoms. The zero-order chi connectivity index (χ0) is 16.9. The first-order valence-electron chi connectivity index (χ1n) is 7.61. The zero-order valence-corrected chi connectivity index (χ0v) is 14.0. The van der Waals surface area contributed by atoms with Crippen LogP contribution in [0, 0.1) is 0 Å². The predicted molar refractivity (Wildman–Crippen MR) is 86.2 cm³/mol. The van der Waals surface area contributed by atoms with E-state index in [2.05, 4.69) is 15.5 Å². The Morgan fingerprint density at radius 1 is 1.26 bits per heavy atom. The molecule has 0 fully saturated rings. The highest BCUT2D eigenvalue weighted by Gasteiger charge is 2.21. The van der Waals surface area contributed by atoms with Gasteiger partial charge >= 0.3 is 0 Å². The lowest BCUT2D eigenvalue weighted by atomic mass is 9.96. The lowest BCUT2D eigenvalue weighted by Gasteiger charge is -2.10. The Labute approximate surface area is 136 Å². The van der Waals surface area contributed by atoms with Gasteiger partial charge in [0, 0.05) is 24.8 Å². The fourth-order valence-corrected chi connectivity index (χ4v) is 1.91. The number of hydrogen-bond acceptors (Lipinski definition) is 5. The van der Waals surface area contributed by atoms with Crippen LogP contribution < -0.4 is 10.1 Å². The number of methoxy groups -OCH3 is 1. The quantitative estimate of drug-likeness (QED) is 0.886. The second-order valence-electron chi connectivity index (χ2n) is 6.39. The lowest BCUT2D eigenvalue weighted by molar-refractivity contribution is -0.121. The number of ether oxygens (including phenoxy) is 1. The minimum Gasteiger partial charge on any atom is -0.497 e. The molecule has 0 radical (unpaired) electrons. The highest BCUT2D eigenvalue weighted by molar-refractivity contribution is 5.76. The molecule has 0 unspecified atom stereocenters. The molecule has 0 aliphatic rings. The summed E-state index contributed by atoms with van der Waals surface area (Å²) in [5.74, 6) is 1.91. The Morgan fingerprint density at radius 3 is 2.52 bits per heavy atom. The summed E-state index contributed by atoms with van der Waals surface area (Å²) in [4.78, 5) is 16.2. The van der Waals surface area contributed by atoms with E-state index in [0.717, 1.165) is 11.3 Å². The number of nitrogens with one attached hydrogen (secondary N) is 1. The van der Waals surface area contributed by atoms with Crippen molar-refractivity contribution >= 4 is 5.91 Å². The van der Waals surface area contributed by atoms with Crippen LogP contribution in [0.5, 0.6) is 5.75 Å². The minimum atomic E-state index is -0.154. The van der Waals surface area contributed by atoms with E-state index in [4.69, 9.17) is 9.26 Å². The number of hydrogen-bond donors (Lipinski definition) is 1. The smallest absolute Gasteiger partial charge is 0.227 e. The number of benzene rings is 1. The van der Waals surface area contributed by atoms with Crippen molar-refractivity contribution < 1.29 is 14.1 Å². The van der Waals surface area contributed by atoms with Gasteiger partial charge in [-0.1, -0.05) is 38.1 Å². The van der Waals surface area contributed by atoms with E-state index in [1.807, 2.05) is 45.0 Å².